The highest BCUT2D eigenvalue weighted by Crippen LogP contribution is 2.45. The summed E-state index contributed by atoms with van der Waals surface area (Å²) < 4.78 is 68.4. The Balaban J connectivity index is 5.24. The van der Waals surface area contributed by atoms with Crippen LogP contribution in [0.5, 0.6) is 0 Å². The molecule has 0 spiro atoms. The van der Waals surface area contributed by atoms with Crippen molar-refractivity contribution in [3.8, 4) is 0 Å². The molecule has 3 N–H and O–H groups in total. The van der Waals surface area contributed by atoms with Gasteiger partial charge in [0, 0.05) is 25.7 Å². The molecule has 0 aliphatic rings. The van der Waals surface area contributed by atoms with Crippen molar-refractivity contribution in [1.29, 1.82) is 0 Å². The van der Waals surface area contributed by atoms with Crippen molar-refractivity contribution >= 4 is 39.5 Å². The van der Waals surface area contributed by atoms with Gasteiger partial charge in [-0.2, -0.15) is 0 Å². The van der Waals surface area contributed by atoms with Gasteiger partial charge in [0.05, 0.1) is 26.4 Å². The van der Waals surface area contributed by atoms with E-state index in [9.17, 15) is 43.2 Å². The summed E-state index contributed by atoms with van der Waals surface area (Å²) >= 11 is 0. The van der Waals surface area contributed by atoms with Gasteiger partial charge < -0.3 is 33.8 Å². The standard InChI is InChI=1S/C74H144O17P2/c1-7-10-12-14-16-18-20-24-28-32-39-45-51-57-72(77)85-62-69(90-73(78)58-52-46-40-33-29-26-23-21-22-25-27-30-36-42-48-54-66(4)5)64-88-92(80,81)86-60-68(75)61-87-93(82,83)89-65-70(63-84-71(76)56-50-44-38-31-19-17-15-13-11-8-2)91-74(79)59-53-47-41-35-34-37-43-49-55-67(6)9-3/h66-70,75H,7-65H2,1-6H3,(H,80,81)(H,82,83)/t67?,68-,69-,70-/m1/s1. The third-order valence-corrected chi connectivity index (χ3v) is 19.5. The zero-order chi connectivity index (χ0) is 68.6. The number of hydrogen-bond donors (Lipinski definition) is 3. The van der Waals surface area contributed by atoms with Gasteiger partial charge >= 0.3 is 39.5 Å². The molecule has 0 saturated carbocycles. The van der Waals surface area contributed by atoms with Gasteiger partial charge in [-0.25, -0.2) is 9.13 Å². The lowest BCUT2D eigenvalue weighted by Gasteiger charge is -2.21. The third-order valence-electron chi connectivity index (χ3n) is 17.6. The molecule has 19 heteroatoms. The molecule has 0 aliphatic carbocycles. The van der Waals surface area contributed by atoms with Crippen molar-refractivity contribution in [3.05, 3.63) is 0 Å². The van der Waals surface area contributed by atoms with E-state index < -0.39 is 97.5 Å². The molecule has 0 aromatic carbocycles. The molecular formula is C74H144O17P2. The largest absolute Gasteiger partial charge is 0.472 e. The van der Waals surface area contributed by atoms with E-state index in [1.54, 1.807) is 0 Å². The zero-order valence-corrected chi connectivity index (χ0v) is 62.3. The molecule has 0 heterocycles. The number of ether oxygens (including phenoxy) is 4. The summed E-state index contributed by atoms with van der Waals surface area (Å²) in [5, 5.41) is 10.6. The van der Waals surface area contributed by atoms with Gasteiger partial charge in [-0.15, -0.1) is 0 Å². The molecule has 0 aliphatic heterocycles. The Bertz CT molecular complexity index is 1810. The summed E-state index contributed by atoms with van der Waals surface area (Å²) in [4.78, 5) is 72.7. The van der Waals surface area contributed by atoms with Crippen LogP contribution in [0.1, 0.15) is 382 Å². The van der Waals surface area contributed by atoms with Crippen LogP contribution in [0.3, 0.4) is 0 Å². The molecule has 0 radical (unpaired) electrons. The highest BCUT2D eigenvalue weighted by atomic mass is 31.2. The average molecular weight is 1370 g/mol. The number of rotatable bonds is 73. The highest BCUT2D eigenvalue weighted by Gasteiger charge is 2.30. The molecule has 0 amide bonds. The minimum Gasteiger partial charge on any atom is -0.462 e. The van der Waals surface area contributed by atoms with E-state index in [4.69, 9.17) is 37.0 Å². The summed E-state index contributed by atoms with van der Waals surface area (Å²) in [6.07, 6.45) is 52.6. The SMILES string of the molecule is CCCCCCCCCCCCCCCC(=O)OC[C@H](COP(=O)(O)OC[C@@H](O)COP(=O)(O)OC[C@@H](COC(=O)CCCCCCCCCCCC)OC(=O)CCCCCCCCCCC(C)CC)OC(=O)CCCCCCCCCCCCCCCCCC(C)C. The fraction of sp³-hybridized carbons (Fsp3) is 0.946. The Morgan fingerprint density at radius 3 is 0.817 bits per heavy atom. The van der Waals surface area contributed by atoms with Crippen molar-refractivity contribution < 1.29 is 80.2 Å². The summed E-state index contributed by atoms with van der Waals surface area (Å²) in [6.45, 7) is 9.60. The van der Waals surface area contributed by atoms with Gasteiger partial charge in [0.2, 0.25) is 0 Å². The monoisotopic (exact) mass is 1370 g/mol. The van der Waals surface area contributed by atoms with Crippen LogP contribution in [0.25, 0.3) is 0 Å². The Hall–Kier alpha value is -1.94. The molecule has 93 heavy (non-hydrogen) atoms. The maximum absolute atomic E-state index is 13.1. The van der Waals surface area contributed by atoms with Crippen LogP contribution >= 0.6 is 15.6 Å². The number of hydrogen-bond acceptors (Lipinski definition) is 15. The number of esters is 4. The Morgan fingerprint density at radius 1 is 0.312 bits per heavy atom. The van der Waals surface area contributed by atoms with Crippen molar-refractivity contribution in [2.24, 2.45) is 11.8 Å². The smallest absolute Gasteiger partial charge is 0.462 e. The summed E-state index contributed by atoms with van der Waals surface area (Å²) in [5.41, 5.74) is 0. The Labute approximate surface area is 568 Å². The molecular weight excluding hydrogens is 1220 g/mol. The molecule has 3 unspecified atom stereocenters. The molecule has 552 valence electrons. The minimum atomic E-state index is -4.95. The topological polar surface area (TPSA) is 237 Å². The Morgan fingerprint density at radius 2 is 0.548 bits per heavy atom. The summed E-state index contributed by atoms with van der Waals surface area (Å²) in [7, 11) is -9.91. The average Bonchev–Trinajstić information content (AvgIpc) is 2.10. The van der Waals surface area contributed by atoms with E-state index in [0.29, 0.717) is 25.7 Å². The predicted octanol–water partition coefficient (Wildman–Crippen LogP) is 21.6. The van der Waals surface area contributed by atoms with Gasteiger partial charge in [0.15, 0.2) is 12.2 Å². The summed E-state index contributed by atoms with van der Waals surface area (Å²) in [5.74, 6) is -0.546. The lowest BCUT2D eigenvalue weighted by molar-refractivity contribution is -0.161. The van der Waals surface area contributed by atoms with Gasteiger partial charge in [-0.3, -0.25) is 37.3 Å². The van der Waals surface area contributed by atoms with Crippen molar-refractivity contribution in [1.82, 2.24) is 0 Å². The highest BCUT2D eigenvalue weighted by molar-refractivity contribution is 7.47. The molecule has 17 nitrogen and oxygen atoms in total. The van der Waals surface area contributed by atoms with Crippen LogP contribution in [0, 0.1) is 11.8 Å². The number of phosphoric acid groups is 2. The molecule has 0 rings (SSSR count). The molecule has 0 aromatic heterocycles. The number of carbonyl (C=O) groups is 4. The van der Waals surface area contributed by atoms with Crippen LogP contribution in [0.15, 0.2) is 0 Å². The number of unbranched alkanes of at least 4 members (excludes halogenated alkanes) is 42. The summed E-state index contributed by atoms with van der Waals surface area (Å²) in [6, 6.07) is 0. The molecule has 0 fully saturated rings. The fourth-order valence-electron chi connectivity index (χ4n) is 11.3. The molecule has 0 aromatic rings. The van der Waals surface area contributed by atoms with Crippen molar-refractivity contribution in [2.45, 2.75) is 400 Å². The number of aliphatic hydroxyl groups is 1. The normalized spacial score (nSPS) is 14.3. The van der Waals surface area contributed by atoms with E-state index in [2.05, 4.69) is 41.5 Å². The van der Waals surface area contributed by atoms with Gasteiger partial charge in [0.1, 0.15) is 19.3 Å². The number of aliphatic hydroxyl groups excluding tert-OH is 1. The predicted molar refractivity (Wildman–Crippen MR) is 377 cm³/mol. The van der Waals surface area contributed by atoms with Crippen LogP contribution in [-0.2, 0) is 65.4 Å². The van der Waals surface area contributed by atoms with Gasteiger partial charge in [-0.1, -0.05) is 330 Å². The maximum Gasteiger partial charge on any atom is 0.472 e. The van der Waals surface area contributed by atoms with Crippen LogP contribution < -0.4 is 0 Å². The van der Waals surface area contributed by atoms with Crippen molar-refractivity contribution in [3.63, 3.8) is 0 Å². The number of phosphoric ester groups is 2. The fourth-order valence-corrected chi connectivity index (χ4v) is 12.8. The van der Waals surface area contributed by atoms with E-state index in [0.717, 1.165) is 102 Å². The minimum absolute atomic E-state index is 0.105. The van der Waals surface area contributed by atoms with E-state index in [1.807, 2.05) is 0 Å². The van der Waals surface area contributed by atoms with E-state index >= 15 is 0 Å². The van der Waals surface area contributed by atoms with Crippen LogP contribution in [0.4, 0.5) is 0 Å². The maximum atomic E-state index is 13.1. The van der Waals surface area contributed by atoms with Crippen LogP contribution in [0.2, 0.25) is 0 Å². The first-order chi connectivity index (χ1) is 44.9. The quantitative estimate of drug-likeness (QED) is 0.0222. The third kappa shape index (κ3) is 67.0. The second-order valence-corrected chi connectivity index (χ2v) is 30.3. The van der Waals surface area contributed by atoms with E-state index in [1.165, 1.54) is 199 Å². The van der Waals surface area contributed by atoms with Crippen molar-refractivity contribution in [2.75, 3.05) is 39.6 Å². The van der Waals surface area contributed by atoms with Crippen LogP contribution in [-0.4, -0.2) is 96.7 Å². The second kappa shape index (κ2) is 66.0. The molecule has 6 atom stereocenters. The Kier molecular flexibility index (Phi) is 64.6. The first-order valence-corrected chi connectivity index (χ1v) is 41.5. The van der Waals surface area contributed by atoms with Gasteiger partial charge in [-0.05, 0) is 37.5 Å². The van der Waals surface area contributed by atoms with E-state index in [-0.39, 0.29) is 25.7 Å². The first-order valence-electron chi connectivity index (χ1n) is 38.5. The lowest BCUT2D eigenvalue weighted by atomic mass is 9.99. The zero-order valence-electron chi connectivity index (χ0n) is 60.6. The first kappa shape index (κ1) is 91.1. The van der Waals surface area contributed by atoms with Gasteiger partial charge in [0.25, 0.3) is 0 Å². The molecule has 0 bridgehead atoms. The number of carbonyl (C=O) groups excluding carboxylic acids is 4. The lowest BCUT2D eigenvalue weighted by Crippen LogP contribution is -2.30. The molecule has 0 saturated heterocycles. The second-order valence-electron chi connectivity index (χ2n) is 27.4.